The van der Waals surface area contributed by atoms with Gasteiger partial charge in [0.15, 0.2) is 0 Å². The predicted octanol–water partition coefficient (Wildman–Crippen LogP) is 6.58. The standard InChI is InChI=1S/C23H21Cl2N9O/c24-14-5-7-16(17(25)11-14)22-20(31-18-3-1-2-4-19(18)33-26)13-30-23(32-22)28-10-9-27-21-8-6-15(34-35)12-29-21/h1-8,11-13,26,31,34-35H,9-10H2,(H,27,29)(H,28,30,32). The van der Waals surface area contributed by atoms with Crippen LogP contribution < -0.4 is 21.4 Å². The molecule has 2 aromatic heterocycles. The number of nitrogens with zero attached hydrogens (tertiary/aromatic N) is 4. The van der Waals surface area contributed by atoms with Gasteiger partial charge in [0.2, 0.25) is 5.95 Å². The molecule has 2 aromatic carbocycles. The van der Waals surface area contributed by atoms with E-state index >= 15 is 0 Å². The molecule has 10 nitrogen and oxygen atoms in total. The minimum absolute atomic E-state index is 0.407. The SMILES string of the molecule is N=Nc1ccccc1Nc1cnc(NCCNc2ccc(NO)cn2)nc1-c1ccc(Cl)cc1Cl. The summed E-state index contributed by atoms with van der Waals surface area (Å²) in [6, 6.07) is 15.8. The molecule has 12 heteroatoms. The van der Waals surface area contributed by atoms with Gasteiger partial charge in [-0.3, -0.25) is 10.7 Å². The van der Waals surface area contributed by atoms with Crippen molar-refractivity contribution in [3.05, 3.63) is 77.0 Å². The van der Waals surface area contributed by atoms with Gasteiger partial charge in [-0.2, -0.15) is 5.11 Å². The van der Waals surface area contributed by atoms with Gasteiger partial charge in [-0.25, -0.2) is 20.5 Å². The highest BCUT2D eigenvalue weighted by molar-refractivity contribution is 6.36. The molecule has 6 N–H and O–H groups in total. The number of para-hydroxylation sites is 2. The predicted molar refractivity (Wildman–Crippen MR) is 139 cm³/mol. The Hall–Kier alpha value is -3.99. The minimum Gasteiger partial charge on any atom is -0.368 e. The Labute approximate surface area is 211 Å². The fraction of sp³-hybridized carbons (Fsp3) is 0.0870. The van der Waals surface area contributed by atoms with Gasteiger partial charge in [0.05, 0.1) is 34.5 Å². The van der Waals surface area contributed by atoms with Crippen LogP contribution in [-0.4, -0.2) is 33.2 Å². The largest absolute Gasteiger partial charge is 0.368 e. The highest BCUT2D eigenvalue weighted by Crippen LogP contribution is 2.36. The summed E-state index contributed by atoms with van der Waals surface area (Å²) in [4.78, 5) is 13.3. The van der Waals surface area contributed by atoms with Crippen molar-refractivity contribution < 1.29 is 5.21 Å². The lowest BCUT2D eigenvalue weighted by atomic mass is 10.1. The average Bonchev–Trinajstić information content (AvgIpc) is 2.88. The lowest BCUT2D eigenvalue weighted by molar-refractivity contribution is 0.388. The fourth-order valence-corrected chi connectivity index (χ4v) is 3.69. The van der Waals surface area contributed by atoms with E-state index in [1.165, 1.54) is 6.20 Å². The Kier molecular flexibility index (Phi) is 7.88. The molecule has 0 unspecified atom stereocenters. The molecule has 35 heavy (non-hydrogen) atoms. The molecule has 0 aliphatic rings. The van der Waals surface area contributed by atoms with Gasteiger partial charge in [-0.15, -0.1) is 0 Å². The van der Waals surface area contributed by atoms with Crippen molar-refractivity contribution in [1.82, 2.24) is 15.0 Å². The maximum atomic E-state index is 8.87. The van der Waals surface area contributed by atoms with E-state index in [1.54, 1.807) is 48.7 Å². The van der Waals surface area contributed by atoms with E-state index in [0.29, 0.717) is 68.9 Å². The summed E-state index contributed by atoms with van der Waals surface area (Å²) in [6.45, 7) is 1.07. The fourth-order valence-electron chi connectivity index (χ4n) is 3.20. The molecule has 0 amide bonds. The Morgan fingerprint density at radius 2 is 1.74 bits per heavy atom. The smallest absolute Gasteiger partial charge is 0.223 e. The second-order valence-electron chi connectivity index (χ2n) is 7.23. The Morgan fingerprint density at radius 3 is 2.49 bits per heavy atom. The average molecular weight is 510 g/mol. The lowest BCUT2D eigenvalue weighted by Crippen LogP contribution is -2.16. The number of anilines is 5. The van der Waals surface area contributed by atoms with E-state index in [9.17, 15) is 0 Å². The maximum absolute atomic E-state index is 8.87. The number of hydrogen-bond donors (Lipinski definition) is 6. The molecule has 0 aliphatic heterocycles. The molecule has 178 valence electrons. The number of benzene rings is 2. The zero-order valence-electron chi connectivity index (χ0n) is 18.3. The molecule has 4 aromatic rings. The van der Waals surface area contributed by atoms with Crippen molar-refractivity contribution in [1.29, 1.82) is 5.53 Å². The van der Waals surface area contributed by atoms with Crippen LogP contribution in [0.3, 0.4) is 0 Å². The first kappa shape index (κ1) is 24.1. The number of nitrogens with one attached hydrogen (secondary N) is 5. The number of pyridine rings is 1. The van der Waals surface area contributed by atoms with Crippen LogP contribution in [0.25, 0.3) is 11.3 Å². The summed E-state index contributed by atoms with van der Waals surface area (Å²) >= 11 is 12.6. The van der Waals surface area contributed by atoms with Gasteiger partial charge < -0.3 is 16.0 Å². The Bertz CT molecular complexity index is 1320. The van der Waals surface area contributed by atoms with Crippen LogP contribution in [0.15, 0.2) is 72.1 Å². The van der Waals surface area contributed by atoms with Crippen LogP contribution >= 0.6 is 23.2 Å². The van der Waals surface area contributed by atoms with E-state index < -0.39 is 0 Å². The Balaban J connectivity index is 1.54. The normalized spacial score (nSPS) is 10.5. The van der Waals surface area contributed by atoms with Crippen molar-refractivity contribution in [3.63, 3.8) is 0 Å². The van der Waals surface area contributed by atoms with E-state index in [2.05, 4.69) is 36.0 Å². The number of halogens is 2. The van der Waals surface area contributed by atoms with Crippen LogP contribution in [0.2, 0.25) is 10.0 Å². The molecule has 0 saturated heterocycles. The van der Waals surface area contributed by atoms with Crippen molar-refractivity contribution >= 4 is 57.7 Å². The summed E-state index contributed by atoms with van der Waals surface area (Å²) in [5.41, 5.74) is 12.9. The van der Waals surface area contributed by atoms with Gasteiger partial charge in [-0.05, 0) is 42.5 Å². The van der Waals surface area contributed by atoms with Crippen LogP contribution in [0.4, 0.5) is 34.5 Å². The van der Waals surface area contributed by atoms with Crippen molar-refractivity contribution in [2.24, 2.45) is 5.11 Å². The van der Waals surface area contributed by atoms with Crippen molar-refractivity contribution in [2.45, 2.75) is 0 Å². The Morgan fingerprint density at radius 1 is 0.914 bits per heavy atom. The molecular formula is C23H21Cl2N9O. The molecule has 0 fully saturated rings. The van der Waals surface area contributed by atoms with E-state index in [0.717, 1.165) is 0 Å². The number of rotatable bonds is 10. The van der Waals surface area contributed by atoms with E-state index in [1.807, 2.05) is 17.6 Å². The number of hydrogen-bond acceptors (Lipinski definition) is 10. The number of aromatic nitrogens is 3. The summed E-state index contributed by atoms with van der Waals surface area (Å²) in [5, 5.41) is 23.0. The third kappa shape index (κ3) is 6.12. The van der Waals surface area contributed by atoms with Gasteiger partial charge >= 0.3 is 0 Å². The quantitative estimate of drug-likeness (QED) is 0.0798. The first-order chi connectivity index (χ1) is 17.1. The minimum atomic E-state index is 0.407. The van der Waals surface area contributed by atoms with E-state index in [4.69, 9.17) is 33.9 Å². The maximum Gasteiger partial charge on any atom is 0.223 e. The van der Waals surface area contributed by atoms with Gasteiger partial charge in [0.25, 0.3) is 0 Å². The molecule has 0 saturated carbocycles. The summed E-state index contributed by atoms with van der Waals surface area (Å²) in [5.74, 6) is 1.07. The molecule has 0 spiro atoms. The molecule has 4 rings (SSSR count). The molecule has 0 aliphatic carbocycles. The third-order valence-electron chi connectivity index (χ3n) is 4.88. The summed E-state index contributed by atoms with van der Waals surface area (Å²) in [6.07, 6.45) is 3.16. The monoisotopic (exact) mass is 509 g/mol. The van der Waals surface area contributed by atoms with Crippen molar-refractivity contribution in [3.8, 4) is 11.3 Å². The second kappa shape index (κ2) is 11.4. The zero-order valence-corrected chi connectivity index (χ0v) is 19.8. The first-order valence-electron chi connectivity index (χ1n) is 10.5. The van der Waals surface area contributed by atoms with E-state index in [-0.39, 0.29) is 0 Å². The molecular weight excluding hydrogens is 489 g/mol. The zero-order chi connectivity index (χ0) is 24.6. The highest BCUT2D eigenvalue weighted by atomic mass is 35.5. The summed E-state index contributed by atoms with van der Waals surface area (Å²) < 4.78 is 0. The highest BCUT2D eigenvalue weighted by Gasteiger charge is 2.15. The molecule has 0 radical (unpaired) electrons. The van der Waals surface area contributed by atoms with Crippen LogP contribution in [0.5, 0.6) is 0 Å². The van der Waals surface area contributed by atoms with Gasteiger partial charge in [-0.1, -0.05) is 35.3 Å². The summed E-state index contributed by atoms with van der Waals surface area (Å²) in [7, 11) is 0. The van der Waals surface area contributed by atoms with Crippen LogP contribution in [0, 0.1) is 5.53 Å². The lowest BCUT2D eigenvalue weighted by Gasteiger charge is -2.15. The topological polar surface area (TPSA) is 143 Å². The second-order valence-corrected chi connectivity index (χ2v) is 8.08. The molecule has 0 atom stereocenters. The van der Waals surface area contributed by atoms with Crippen molar-refractivity contribution in [2.75, 3.05) is 34.5 Å². The molecule has 2 heterocycles. The van der Waals surface area contributed by atoms with Gasteiger partial charge in [0.1, 0.15) is 17.2 Å². The van der Waals surface area contributed by atoms with Crippen LogP contribution in [-0.2, 0) is 0 Å². The third-order valence-corrected chi connectivity index (χ3v) is 5.42. The van der Waals surface area contributed by atoms with Crippen LogP contribution in [0.1, 0.15) is 0 Å². The molecule has 0 bridgehead atoms. The first-order valence-corrected chi connectivity index (χ1v) is 11.2. The van der Waals surface area contributed by atoms with Gasteiger partial charge in [0, 0.05) is 23.7 Å².